The molecular formula is C19H25NO3S. The molecule has 2 rings (SSSR count). The molecule has 0 aliphatic carbocycles. The Bertz CT molecular complexity index is 712. The topological polar surface area (TPSA) is 57.6 Å². The molecule has 0 bridgehead atoms. The maximum absolute atomic E-state index is 12.9. The minimum atomic E-state index is -3.63. The molecule has 0 radical (unpaired) electrons. The van der Waals surface area contributed by atoms with E-state index in [9.17, 15) is 13.5 Å². The molecule has 0 heterocycles. The van der Waals surface area contributed by atoms with Gasteiger partial charge in [0.1, 0.15) is 0 Å². The molecule has 0 spiro atoms. The molecule has 0 aliphatic rings. The Labute approximate surface area is 144 Å². The summed E-state index contributed by atoms with van der Waals surface area (Å²) in [6.07, 6.45) is 3.17. The van der Waals surface area contributed by atoms with Crippen molar-refractivity contribution < 1.29 is 13.5 Å². The highest BCUT2D eigenvalue weighted by atomic mass is 32.2. The lowest BCUT2D eigenvalue weighted by atomic mass is 10.1. The van der Waals surface area contributed by atoms with Crippen LogP contribution in [-0.4, -0.2) is 31.0 Å². The lowest BCUT2D eigenvalue weighted by Gasteiger charge is -2.21. The van der Waals surface area contributed by atoms with E-state index < -0.39 is 10.0 Å². The molecule has 0 unspecified atom stereocenters. The highest BCUT2D eigenvalue weighted by molar-refractivity contribution is 7.89. The Morgan fingerprint density at radius 1 is 0.958 bits per heavy atom. The number of aliphatic hydroxyl groups is 1. The van der Waals surface area contributed by atoms with Gasteiger partial charge in [-0.2, -0.15) is 4.31 Å². The molecule has 5 heteroatoms. The van der Waals surface area contributed by atoms with E-state index in [1.54, 1.807) is 12.1 Å². The number of hydrogen-bond donors (Lipinski definition) is 1. The molecule has 1 N–H and O–H groups in total. The fourth-order valence-electron chi connectivity index (χ4n) is 2.54. The van der Waals surface area contributed by atoms with Crippen LogP contribution in [0.5, 0.6) is 0 Å². The molecule has 24 heavy (non-hydrogen) atoms. The Morgan fingerprint density at radius 3 is 2.21 bits per heavy atom. The summed E-state index contributed by atoms with van der Waals surface area (Å²) >= 11 is 0. The van der Waals surface area contributed by atoms with Crippen molar-refractivity contribution in [3.63, 3.8) is 0 Å². The molecule has 0 atom stereocenters. The highest BCUT2D eigenvalue weighted by Gasteiger charge is 2.24. The van der Waals surface area contributed by atoms with Gasteiger partial charge in [-0.25, -0.2) is 8.42 Å². The summed E-state index contributed by atoms with van der Waals surface area (Å²) < 4.78 is 27.1. The average molecular weight is 347 g/mol. The quantitative estimate of drug-likeness (QED) is 0.758. The van der Waals surface area contributed by atoms with Crippen LogP contribution >= 0.6 is 0 Å². The van der Waals surface area contributed by atoms with E-state index in [2.05, 4.69) is 6.92 Å². The Kier molecular flexibility index (Phi) is 6.97. The van der Waals surface area contributed by atoms with Crippen molar-refractivity contribution in [2.45, 2.75) is 37.6 Å². The fourth-order valence-corrected chi connectivity index (χ4v) is 3.96. The normalized spacial score (nSPS) is 11.8. The van der Waals surface area contributed by atoms with Crippen LogP contribution in [0.25, 0.3) is 0 Å². The number of benzene rings is 2. The van der Waals surface area contributed by atoms with Gasteiger partial charge in [0.05, 0.1) is 11.5 Å². The zero-order valence-corrected chi connectivity index (χ0v) is 14.9. The van der Waals surface area contributed by atoms with Gasteiger partial charge in [-0.1, -0.05) is 55.8 Å². The van der Waals surface area contributed by atoms with E-state index in [1.165, 1.54) is 4.31 Å². The number of unbranched alkanes of at least 4 members (excludes halogenated alkanes) is 1. The van der Waals surface area contributed by atoms with Crippen LogP contribution in [0.3, 0.4) is 0 Å². The smallest absolute Gasteiger partial charge is 0.243 e. The number of hydrogen-bond acceptors (Lipinski definition) is 3. The van der Waals surface area contributed by atoms with Crippen LogP contribution in [0, 0.1) is 0 Å². The Hall–Kier alpha value is -1.69. The number of aliphatic hydroxyl groups excluding tert-OH is 1. The summed E-state index contributed by atoms with van der Waals surface area (Å²) in [6.45, 7) is 2.26. The second kappa shape index (κ2) is 8.97. The van der Waals surface area contributed by atoms with Crippen LogP contribution in [-0.2, 0) is 23.0 Å². The van der Waals surface area contributed by atoms with Crippen LogP contribution in [0.2, 0.25) is 0 Å². The van der Waals surface area contributed by atoms with Crippen molar-refractivity contribution in [1.29, 1.82) is 0 Å². The third kappa shape index (κ3) is 4.90. The lowest BCUT2D eigenvalue weighted by Crippen LogP contribution is -2.33. The minimum Gasteiger partial charge on any atom is -0.395 e. The van der Waals surface area contributed by atoms with Crippen LogP contribution < -0.4 is 0 Å². The number of rotatable bonds is 9. The van der Waals surface area contributed by atoms with Crippen molar-refractivity contribution in [3.8, 4) is 0 Å². The van der Waals surface area contributed by atoms with E-state index in [0.717, 1.165) is 30.4 Å². The lowest BCUT2D eigenvalue weighted by molar-refractivity contribution is 0.251. The Balaban J connectivity index is 2.20. The largest absolute Gasteiger partial charge is 0.395 e. The van der Waals surface area contributed by atoms with Crippen molar-refractivity contribution in [2.24, 2.45) is 0 Å². The average Bonchev–Trinajstić information content (AvgIpc) is 2.61. The van der Waals surface area contributed by atoms with Gasteiger partial charge in [-0.3, -0.25) is 0 Å². The van der Waals surface area contributed by atoms with E-state index >= 15 is 0 Å². The zero-order chi connectivity index (χ0) is 17.4. The summed E-state index contributed by atoms with van der Waals surface area (Å²) in [4.78, 5) is 0.270. The second-order valence-electron chi connectivity index (χ2n) is 5.80. The summed E-state index contributed by atoms with van der Waals surface area (Å²) in [6, 6.07) is 16.5. The second-order valence-corrected chi connectivity index (χ2v) is 7.73. The molecular weight excluding hydrogens is 322 g/mol. The summed E-state index contributed by atoms with van der Waals surface area (Å²) in [7, 11) is -3.63. The van der Waals surface area contributed by atoms with Crippen molar-refractivity contribution in [1.82, 2.24) is 4.31 Å². The predicted molar refractivity (Wildman–Crippen MR) is 96.2 cm³/mol. The van der Waals surface area contributed by atoms with Gasteiger partial charge in [-0.15, -0.1) is 0 Å². The first-order chi connectivity index (χ1) is 11.6. The minimum absolute atomic E-state index is 0.0782. The monoisotopic (exact) mass is 347 g/mol. The summed E-state index contributed by atoms with van der Waals surface area (Å²) in [5.41, 5.74) is 2.04. The molecule has 0 aromatic heterocycles. The van der Waals surface area contributed by atoms with Crippen LogP contribution in [0.1, 0.15) is 30.9 Å². The van der Waals surface area contributed by atoms with E-state index in [-0.39, 0.29) is 24.6 Å². The molecule has 4 nitrogen and oxygen atoms in total. The maximum Gasteiger partial charge on any atom is 0.243 e. The highest BCUT2D eigenvalue weighted by Crippen LogP contribution is 2.19. The van der Waals surface area contributed by atoms with E-state index in [4.69, 9.17) is 0 Å². The molecule has 0 amide bonds. The summed E-state index contributed by atoms with van der Waals surface area (Å²) in [5.74, 6) is 0. The van der Waals surface area contributed by atoms with Crippen molar-refractivity contribution in [3.05, 3.63) is 65.7 Å². The first kappa shape index (κ1) is 18.6. The SMILES string of the molecule is CCCCc1ccc(S(=O)(=O)N(CCO)Cc2ccccc2)cc1. The molecule has 0 aliphatic heterocycles. The van der Waals surface area contributed by atoms with Crippen LogP contribution in [0.4, 0.5) is 0 Å². The standard InChI is InChI=1S/C19H25NO3S/c1-2-3-7-17-10-12-19(13-11-17)24(22,23)20(14-15-21)16-18-8-5-4-6-9-18/h4-6,8-13,21H,2-3,7,14-16H2,1H3. The maximum atomic E-state index is 12.9. The van der Waals surface area contributed by atoms with Gasteiger partial charge in [0.25, 0.3) is 0 Å². The summed E-state index contributed by atoms with van der Waals surface area (Å²) in [5, 5.41) is 9.26. The molecule has 2 aromatic rings. The van der Waals surface area contributed by atoms with Gasteiger partial charge in [-0.05, 0) is 36.1 Å². The van der Waals surface area contributed by atoms with Crippen molar-refractivity contribution >= 4 is 10.0 Å². The number of aryl methyl sites for hydroxylation is 1. The van der Waals surface area contributed by atoms with Gasteiger partial charge >= 0.3 is 0 Å². The first-order valence-electron chi connectivity index (χ1n) is 8.31. The third-order valence-corrected chi connectivity index (χ3v) is 5.79. The van der Waals surface area contributed by atoms with Crippen LogP contribution in [0.15, 0.2) is 59.5 Å². The Morgan fingerprint density at radius 2 is 1.62 bits per heavy atom. The van der Waals surface area contributed by atoms with Gasteiger partial charge in [0.2, 0.25) is 10.0 Å². The molecule has 0 saturated carbocycles. The zero-order valence-electron chi connectivity index (χ0n) is 14.1. The van der Waals surface area contributed by atoms with Gasteiger partial charge < -0.3 is 5.11 Å². The van der Waals surface area contributed by atoms with Gasteiger partial charge in [0.15, 0.2) is 0 Å². The van der Waals surface area contributed by atoms with Crippen molar-refractivity contribution in [2.75, 3.05) is 13.2 Å². The third-order valence-electron chi connectivity index (χ3n) is 3.93. The molecule has 130 valence electrons. The van der Waals surface area contributed by atoms with Gasteiger partial charge in [0, 0.05) is 13.1 Å². The predicted octanol–water partition coefficient (Wildman–Crippen LogP) is 3.21. The number of sulfonamides is 1. The first-order valence-corrected chi connectivity index (χ1v) is 9.76. The van der Waals surface area contributed by atoms with E-state index in [1.807, 2.05) is 42.5 Å². The molecule has 2 aromatic carbocycles. The molecule has 0 saturated heterocycles. The van der Waals surface area contributed by atoms with E-state index in [0.29, 0.717) is 0 Å². The fraction of sp³-hybridized carbons (Fsp3) is 0.368. The number of nitrogens with zero attached hydrogens (tertiary/aromatic N) is 1. The molecule has 0 fully saturated rings.